The second kappa shape index (κ2) is 7.95. The molecular weight excluding hydrogens is 406 g/mol. The second-order valence-electron chi connectivity index (χ2n) is 6.50. The maximum atomic E-state index is 13.2. The Labute approximate surface area is 174 Å². The standard InChI is InChI=1S/C19H17N7O3S/c1-13-17(18(27)25(23(13)2)15-8-4-3-5-9-15)24-19(20-21-22-24)30-12-14-7-6-10-16(11-14)26(28)29/h3-11H,12H2,1-2H3. The topological polar surface area (TPSA) is 114 Å². The minimum absolute atomic E-state index is 0.0253. The molecule has 0 atom stereocenters. The van der Waals surface area contributed by atoms with Crippen molar-refractivity contribution in [3.63, 3.8) is 0 Å². The number of hydrogen-bond donors (Lipinski definition) is 0. The number of para-hydroxylation sites is 1. The highest BCUT2D eigenvalue weighted by molar-refractivity contribution is 7.98. The van der Waals surface area contributed by atoms with Gasteiger partial charge in [-0.3, -0.25) is 19.6 Å². The first-order valence-electron chi connectivity index (χ1n) is 8.96. The Morgan fingerprint density at radius 3 is 2.63 bits per heavy atom. The van der Waals surface area contributed by atoms with Crippen LogP contribution in [0.25, 0.3) is 11.4 Å². The Morgan fingerprint density at radius 1 is 1.13 bits per heavy atom. The molecule has 0 amide bonds. The van der Waals surface area contributed by atoms with E-state index in [1.165, 1.54) is 28.6 Å². The van der Waals surface area contributed by atoms with E-state index in [-0.39, 0.29) is 11.2 Å². The van der Waals surface area contributed by atoms with Gasteiger partial charge in [0.2, 0.25) is 5.16 Å². The molecule has 4 aromatic rings. The first-order valence-corrected chi connectivity index (χ1v) is 9.95. The van der Waals surface area contributed by atoms with Crippen LogP contribution in [0.4, 0.5) is 5.69 Å². The van der Waals surface area contributed by atoms with Crippen LogP contribution >= 0.6 is 11.8 Å². The van der Waals surface area contributed by atoms with Crippen molar-refractivity contribution in [2.24, 2.45) is 7.05 Å². The van der Waals surface area contributed by atoms with E-state index in [9.17, 15) is 14.9 Å². The van der Waals surface area contributed by atoms with Gasteiger partial charge in [0.15, 0.2) is 5.69 Å². The van der Waals surface area contributed by atoms with Gasteiger partial charge in [-0.25, -0.2) is 4.68 Å². The molecule has 0 aliphatic carbocycles. The molecule has 10 nitrogen and oxygen atoms in total. The molecule has 2 aromatic heterocycles. The molecule has 0 spiro atoms. The van der Waals surface area contributed by atoms with Crippen LogP contribution in [0.2, 0.25) is 0 Å². The lowest BCUT2D eigenvalue weighted by Crippen LogP contribution is -2.22. The lowest BCUT2D eigenvalue weighted by Gasteiger charge is -2.07. The summed E-state index contributed by atoms with van der Waals surface area (Å²) in [7, 11) is 1.80. The van der Waals surface area contributed by atoms with Gasteiger partial charge in [-0.05, 0) is 35.0 Å². The van der Waals surface area contributed by atoms with Gasteiger partial charge in [-0.1, -0.05) is 42.1 Å². The third-order valence-electron chi connectivity index (χ3n) is 4.67. The summed E-state index contributed by atoms with van der Waals surface area (Å²) in [5.41, 5.74) is 2.33. The zero-order valence-electron chi connectivity index (χ0n) is 16.2. The Kier molecular flexibility index (Phi) is 5.19. The van der Waals surface area contributed by atoms with Gasteiger partial charge in [-0.15, -0.1) is 5.10 Å². The molecule has 0 unspecified atom stereocenters. The molecule has 152 valence electrons. The average Bonchev–Trinajstić information content (AvgIpc) is 3.29. The van der Waals surface area contributed by atoms with Crippen LogP contribution < -0.4 is 5.56 Å². The molecule has 4 rings (SSSR count). The fourth-order valence-corrected chi connectivity index (χ4v) is 3.93. The fraction of sp³-hybridized carbons (Fsp3) is 0.158. The molecule has 2 aromatic carbocycles. The molecule has 0 aliphatic heterocycles. The number of rotatable bonds is 6. The van der Waals surface area contributed by atoms with Crippen LogP contribution in [0.15, 0.2) is 64.5 Å². The molecule has 0 radical (unpaired) electrons. The number of tetrazole rings is 1. The summed E-state index contributed by atoms with van der Waals surface area (Å²) < 4.78 is 4.73. The molecule has 11 heteroatoms. The molecule has 0 fully saturated rings. The molecule has 0 saturated carbocycles. The third-order valence-corrected chi connectivity index (χ3v) is 5.66. The highest BCUT2D eigenvalue weighted by Gasteiger charge is 2.22. The van der Waals surface area contributed by atoms with Crippen molar-refractivity contribution >= 4 is 17.4 Å². The van der Waals surface area contributed by atoms with E-state index >= 15 is 0 Å². The quantitative estimate of drug-likeness (QED) is 0.266. The van der Waals surface area contributed by atoms with Crippen molar-refractivity contribution in [1.82, 2.24) is 29.6 Å². The van der Waals surface area contributed by atoms with E-state index in [2.05, 4.69) is 15.5 Å². The number of aromatic nitrogens is 6. The maximum absolute atomic E-state index is 13.2. The van der Waals surface area contributed by atoms with E-state index in [4.69, 9.17) is 0 Å². The van der Waals surface area contributed by atoms with Crippen LogP contribution in [0.3, 0.4) is 0 Å². The van der Waals surface area contributed by atoms with E-state index in [0.29, 0.717) is 22.3 Å². The summed E-state index contributed by atoms with van der Waals surface area (Å²) in [5.74, 6) is 0.417. The number of nitro groups is 1. The van der Waals surface area contributed by atoms with E-state index in [1.807, 2.05) is 37.3 Å². The minimum atomic E-state index is -0.433. The van der Waals surface area contributed by atoms with Crippen LogP contribution in [0.5, 0.6) is 0 Å². The highest BCUT2D eigenvalue weighted by atomic mass is 32.2. The van der Waals surface area contributed by atoms with Crippen molar-refractivity contribution in [3.05, 3.63) is 86.3 Å². The Balaban J connectivity index is 1.68. The number of nitro benzene ring substituents is 1. The maximum Gasteiger partial charge on any atom is 0.297 e. The summed E-state index contributed by atoms with van der Waals surface area (Å²) in [5, 5.41) is 23.2. The first-order chi connectivity index (χ1) is 14.5. The van der Waals surface area contributed by atoms with E-state index in [0.717, 1.165) is 11.3 Å². The van der Waals surface area contributed by atoms with Gasteiger partial charge in [0.1, 0.15) is 0 Å². The lowest BCUT2D eigenvalue weighted by molar-refractivity contribution is -0.384. The zero-order chi connectivity index (χ0) is 21.3. The van der Waals surface area contributed by atoms with Crippen LogP contribution in [0, 0.1) is 17.0 Å². The van der Waals surface area contributed by atoms with Crippen LogP contribution in [-0.2, 0) is 12.8 Å². The SMILES string of the molecule is Cc1c(-n2nnnc2SCc2cccc([N+](=O)[O-])c2)c(=O)n(-c2ccccc2)n1C. The van der Waals surface area contributed by atoms with Crippen LogP contribution in [0.1, 0.15) is 11.3 Å². The molecule has 0 bridgehead atoms. The lowest BCUT2D eigenvalue weighted by atomic mass is 10.2. The van der Waals surface area contributed by atoms with Crippen molar-refractivity contribution < 1.29 is 4.92 Å². The fourth-order valence-electron chi connectivity index (χ4n) is 3.12. The second-order valence-corrected chi connectivity index (χ2v) is 7.44. The summed E-state index contributed by atoms with van der Waals surface area (Å²) in [4.78, 5) is 23.7. The first kappa shape index (κ1) is 19.6. The number of non-ortho nitro benzene ring substituents is 1. The smallest absolute Gasteiger partial charge is 0.283 e. The minimum Gasteiger partial charge on any atom is -0.283 e. The number of nitrogens with zero attached hydrogens (tertiary/aromatic N) is 7. The predicted molar refractivity (Wildman–Crippen MR) is 111 cm³/mol. The molecule has 0 saturated heterocycles. The summed E-state index contributed by atoms with van der Waals surface area (Å²) >= 11 is 1.30. The Bertz CT molecular complexity index is 1280. The van der Waals surface area contributed by atoms with Gasteiger partial charge < -0.3 is 0 Å². The Hall–Kier alpha value is -3.73. The molecule has 0 aliphatic rings. The van der Waals surface area contributed by atoms with Crippen molar-refractivity contribution in [2.75, 3.05) is 0 Å². The molecule has 30 heavy (non-hydrogen) atoms. The van der Waals surface area contributed by atoms with Gasteiger partial charge in [0.05, 0.1) is 16.3 Å². The van der Waals surface area contributed by atoms with Crippen molar-refractivity contribution in [1.29, 1.82) is 0 Å². The number of hydrogen-bond acceptors (Lipinski definition) is 7. The molecule has 2 heterocycles. The van der Waals surface area contributed by atoms with Crippen LogP contribution in [-0.4, -0.2) is 34.5 Å². The Morgan fingerprint density at radius 2 is 1.90 bits per heavy atom. The van der Waals surface area contributed by atoms with Gasteiger partial charge in [0.25, 0.3) is 11.2 Å². The summed E-state index contributed by atoms with van der Waals surface area (Å²) in [6.07, 6.45) is 0. The van der Waals surface area contributed by atoms with Crippen molar-refractivity contribution in [3.8, 4) is 11.4 Å². The third kappa shape index (κ3) is 3.50. The predicted octanol–water partition coefficient (Wildman–Crippen LogP) is 2.66. The zero-order valence-corrected chi connectivity index (χ0v) is 17.0. The van der Waals surface area contributed by atoms with Gasteiger partial charge >= 0.3 is 0 Å². The van der Waals surface area contributed by atoms with Crippen molar-refractivity contribution in [2.45, 2.75) is 17.8 Å². The summed E-state index contributed by atoms with van der Waals surface area (Å²) in [6, 6.07) is 15.7. The molecule has 0 N–H and O–H groups in total. The van der Waals surface area contributed by atoms with E-state index in [1.54, 1.807) is 28.5 Å². The number of thioether (sulfide) groups is 1. The highest BCUT2D eigenvalue weighted by Crippen LogP contribution is 2.25. The number of benzene rings is 2. The average molecular weight is 423 g/mol. The summed E-state index contributed by atoms with van der Waals surface area (Å²) in [6.45, 7) is 1.83. The van der Waals surface area contributed by atoms with E-state index < -0.39 is 4.92 Å². The largest absolute Gasteiger partial charge is 0.297 e. The monoisotopic (exact) mass is 423 g/mol. The van der Waals surface area contributed by atoms with Gasteiger partial charge in [-0.2, -0.15) is 4.68 Å². The molecular formula is C19H17N7O3S. The normalized spacial score (nSPS) is 11.0. The van der Waals surface area contributed by atoms with Gasteiger partial charge in [0, 0.05) is 24.9 Å².